The van der Waals surface area contributed by atoms with E-state index in [-0.39, 0.29) is 21.7 Å². The zero-order chi connectivity index (χ0) is 19.4. The molecule has 27 heavy (non-hydrogen) atoms. The molecule has 0 aliphatic carbocycles. The highest BCUT2D eigenvalue weighted by Gasteiger charge is 2.28. The third kappa shape index (κ3) is 4.39. The Bertz CT molecular complexity index is 1020. The van der Waals surface area contributed by atoms with Gasteiger partial charge in [0.2, 0.25) is 26.6 Å². The summed E-state index contributed by atoms with van der Waals surface area (Å²) in [7, 11) is -3.88. The first-order valence-corrected chi connectivity index (χ1v) is 10.7. The number of rotatable bonds is 7. The van der Waals surface area contributed by atoms with Crippen LogP contribution in [0.5, 0.6) is 0 Å². The molecule has 3 rings (SSSR count). The van der Waals surface area contributed by atoms with Gasteiger partial charge in [-0.25, -0.2) is 12.8 Å². The fourth-order valence-electron chi connectivity index (χ4n) is 2.42. The lowest BCUT2D eigenvalue weighted by Gasteiger charge is -2.05. The number of halogens is 2. The third-order valence-corrected chi connectivity index (χ3v) is 6.09. The minimum atomic E-state index is -3.88. The van der Waals surface area contributed by atoms with Crippen LogP contribution in [-0.4, -0.2) is 19.9 Å². The monoisotopic (exact) mass is 452 g/mol. The molecule has 8 heteroatoms. The lowest BCUT2D eigenvalue weighted by atomic mass is 10.2. The second-order valence-electron chi connectivity index (χ2n) is 5.90. The molecule has 0 unspecified atom stereocenters. The number of oxazole rings is 1. The zero-order valence-electron chi connectivity index (χ0n) is 14.6. The number of sulfone groups is 1. The van der Waals surface area contributed by atoms with Crippen molar-refractivity contribution in [2.75, 3.05) is 11.9 Å². The largest absolute Gasteiger partial charge is 0.419 e. The van der Waals surface area contributed by atoms with Gasteiger partial charge in [-0.15, -0.1) is 0 Å². The Kier molecular flexibility index (Phi) is 5.96. The first kappa shape index (κ1) is 19.6. The summed E-state index contributed by atoms with van der Waals surface area (Å²) in [6.07, 6.45) is 1.80. The van der Waals surface area contributed by atoms with Gasteiger partial charge in [-0.3, -0.25) is 0 Å². The van der Waals surface area contributed by atoms with E-state index in [9.17, 15) is 12.8 Å². The second kappa shape index (κ2) is 8.22. The van der Waals surface area contributed by atoms with Crippen molar-refractivity contribution in [1.29, 1.82) is 0 Å². The van der Waals surface area contributed by atoms with E-state index in [4.69, 9.17) is 4.42 Å². The van der Waals surface area contributed by atoms with E-state index < -0.39 is 15.7 Å². The summed E-state index contributed by atoms with van der Waals surface area (Å²) < 4.78 is 45.8. The molecule has 1 N–H and O–H groups in total. The molecular weight excluding hydrogens is 435 g/mol. The fourth-order valence-corrected chi connectivity index (χ4v) is 3.96. The van der Waals surface area contributed by atoms with E-state index in [2.05, 4.69) is 26.2 Å². The highest BCUT2D eigenvalue weighted by atomic mass is 79.9. The van der Waals surface area contributed by atoms with E-state index in [0.717, 1.165) is 17.3 Å². The third-order valence-electron chi connectivity index (χ3n) is 3.88. The van der Waals surface area contributed by atoms with Crippen molar-refractivity contribution in [3.05, 3.63) is 58.8 Å². The van der Waals surface area contributed by atoms with Gasteiger partial charge in [0.15, 0.2) is 0 Å². The number of anilines is 1. The molecule has 0 spiro atoms. The highest BCUT2D eigenvalue weighted by molar-refractivity contribution is 9.10. The van der Waals surface area contributed by atoms with Crippen molar-refractivity contribution in [2.45, 2.75) is 29.7 Å². The van der Waals surface area contributed by atoms with Crippen LogP contribution in [0.2, 0.25) is 0 Å². The highest BCUT2D eigenvalue weighted by Crippen LogP contribution is 2.32. The predicted molar refractivity (Wildman–Crippen MR) is 105 cm³/mol. The van der Waals surface area contributed by atoms with Crippen molar-refractivity contribution >= 4 is 31.7 Å². The fraction of sp³-hybridized carbons (Fsp3) is 0.211. The average Bonchev–Trinajstić information content (AvgIpc) is 3.08. The molecule has 0 atom stereocenters. The first-order valence-electron chi connectivity index (χ1n) is 8.43. The Morgan fingerprint density at radius 3 is 2.41 bits per heavy atom. The van der Waals surface area contributed by atoms with Crippen molar-refractivity contribution < 1.29 is 17.2 Å². The van der Waals surface area contributed by atoms with Crippen LogP contribution in [0.1, 0.15) is 19.8 Å². The number of hydrogen-bond donors (Lipinski definition) is 1. The van der Waals surface area contributed by atoms with Gasteiger partial charge in [0.05, 0.1) is 4.90 Å². The van der Waals surface area contributed by atoms with Crippen LogP contribution in [0, 0.1) is 5.82 Å². The molecule has 0 aliphatic rings. The van der Waals surface area contributed by atoms with Gasteiger partial charge in [-0.05, 0) is 55.0 Å². The van der Waals surface area contributed by atoms with Crippen molar-refractivity contribution in [3.8, 4) is 11.5 Å². The molecule has 1 aromatic heterocycles. The van der Waals surface area contributed by atoms with Crippen molar-refractivity contribution in [3.63, 3.8) is 0 Å². The maximum absolute atomic E-state index is 13.2. The van der Waals surface area contributed by atoms with Gasteiger partial charge in [0.25, 0.3) is 0 Å². The molecule has 3 aromatic rings. The van der Waals surface area contributed by atoms with Gasteiger partial charge in [0.1, 0.15) is 5.82 Å². The number of nitrogens with zero attached hydrogens (tertiary/aromatic N) is 1. The molecule has 0 fully saturated rings. The lowest BCUT2D eigenvalue weighted by Crippen LogP contribution is -2.08. The van der Waals surface area contributed by atoms with Gasteiger partial charge in [-0.2, -0.15) is 4.98 Å². The maximum atomic E-state index is 13.2. The van der Waals surface area contributed by atoms with Gasteiger partial charge >= 0.3 is 0 Å². The van der Waals surface area contributed by atoms with E-state index in [1.165, 1.54) is 36.4 Å². The maximum Gasteiger partial charge on any atom is 0.233 e. The van der Waals surface area contributed by atoms with Crippen molar-refractivity contribution in [2.24, 2.45) is 0 Å². The molecule has 2 aromatic carbocycles. The molecule has 1 heterocycles. The molecule has 5 nitrogen and oxygen atoms in total. The lowest BCUT2D eigenvalue weighted by molar-refractivity contribution is 0.575. The van der Waals surface area contributed by atoms with Crippen LogP contribution in [0.15, 0.2) is 67.3 Å². The quantitative estimate of drug-likeness (QED) is 0.493. The van der Waals surface area contributed by atoms with E-state index >= 15 is 0 Å². The summed E-state index contributed by atoms with van der Waals surface area (Å²) in [5, 5.41) is 2.83. The molecule has 142 valence electrons. The summed E-state index contributed by atoms with van der Waals surface area (Å²) in [5.74, 6) is -0.190. The molecule has 0 saturated carbocycles. The molecule has 0 radical (unpaired) electrons. The molecule has 0 aliphatic heterocycles. The summed E-state index contributed by atoms with van der Waals surface area (Å²) in [4.78, 5) is 4.32. The minimum absolute atomic E-state index is 0.0886. The van der Waals surface area contributed by atoms with Crippen LogP contribution in [-0.2, 0) is 9.84 Å². The van der Waals surface area contributed by atoms with Crippen molar-refractivity contribution in [1.82, 2.24) is 4.98 Å². The van der Waals surface area contributed by atoms with Crippen LogP contribution in [0.3, 0.4) is 0 Å². The van der Waals surface area contributed by atoms with E-state index in [0.29, 0.717) is 12.1 Å². The number of aromatic nitrogens is 1. The number of unbranched alkanes of at least 4 members (excludes halogenated alkanes) is 1. The van der Waals surface area contributed by atoms with Gasteiger partial charge in [0, 0.05) is 16.6 Å². The summed E-state index contributed by atoms with van der Waals surface area (Å²) in [5.41, 5.74) is 0.493. The Morgan fingerprint density at radius 1 is 1.11 bits per heavy atom. The Hall–Kier alpha value is -2.19. The SMILES string of the molecule is CCCCNc1oc(-c2ccc(F)cc2)nc1S(=O)(=O)c1ccc(Br)cc1. The smallest absolute Gasteiger partial charge is 0.233 e. The molecular formula is C19H18BrFN2O3S. The Labute approximate surface area is 165 Å². The normalized spacial score (nSPS) is 11.5. The second-order valence-corrected chi connectivity index (χ2v) is 8.68. The predicted octanol–water partition coefficient (Wildman–Crippen LogP) is 5.29. The van der Waals surface area contributed by atoms with Crippen LogP contribution in [0.25, 0.3) is 11.5 Å². The summed E-state index contributed by atoms with van der Waals surface area (Å²) in [6, 6.07) is 11.8. The van der Waals surface area contributed by atoms with Gasteiger partial charge in [-0.1, -0.05) is 29.3 Å². The topological polar surface area (TPSA) is 72.2 Å². The molecule has 0 amide bonds. The van der Waals surface area contributed by atoms with Crippen LogP contribution in [0.4, 0.5) is 10.3 Å². The Balaban J connectivity index is 2.06. The first-order chi connectivity index (χ1) is 12.9. The van der Waals surface area contributed by atoms with E-state index in [1.54, 1.807) is 12.1 Å². The minimum Gasteiger partial charge on any atom is -0.419 e. The standard InChI is InChI=1S/C19H18BrFN2O3S/c1-2-3-12-22-18-19(27(24,25)16-10-6-14(20)7-11-16)23-17(26-18)13-4-8-15(21)9-5-13/h4-11,22H,2-3,12H2,1H3. The van der Waals surface area contributed by atoms with E-state index in [1.807, 2.05) is 6.92 Å². The molecule has 0 saturated heterocycles. The number of benzene rings is 2. The van der Waals surface area contributed by atoms with Crippen LogP contribution >= 0.6 is 15.9 Å². The summed E-state index contributed by atoms with van der Waals surface area (Å²) >= 11 is 3.29. The van der Waals surface area contributed by atoms with Crippen LogP contribution < -0.4 is 5.32 Å². The number of hydrogen-bond acceptors (Lipinski definition) is 5. The Morgan fingerprint density at radius 2 is 1.78 bits per heavy atom. The number of nitrogens with one attached hydrogen (secondary N) is 1. The summed E-state index contributed by atoms with van der Waals surface area (Å²) in [6.45, 7) is 2.59. The average molecular weight is 453 g/mol. The van der Waals surface area contributed by atoms with Gasteiger partial charge < -0.3 is 9.73 Å². The molecule has 0 bridgehead atoms. The zero-order valence-corrected chi connectivity index (χ0v) is 17.0.